The van der Waals surface area contributed by atoms with Gasteiger partial charge in [0.15, 0.2) is 0 Å². The average molecular weight is 265 g/mol. The van der Waals surface area contributed by atoms with Gasteiger partial charge in [-0.1, -0.05) is 6.92 Å². The lowest BCUT2D eigenvalue weighted by Gasteiger charge is -2.08. The van der Waals surface area contributed by atoms with E-state index >= 15 is 0 Å². The number of H-pyrrole nitrogens is 1. The van der Waals surface area contributed by atoms with Crippen molar-refractivity contribution < 1.29 is 0 Å². The molecule has 1 saturated carbocycles. The van der Waals surface area contributed by atoms with Gasteiger partial charge in [0.2, 0.25) is 0 Å². The van der Waals surface area contributed by atoms with Crippen molar-refractivity contribution in [3.05, 3.63) is 27.9 Å². The van der Waals surface area contributed by atoms with Crippen LogP contribution in [0.2, 0.25) is 0 Å². The van der Waals surface area contributed by atoms with Gasteiger partial charge in [-0.15, -0.1) is 0 Å². The maximum Gasteiger partial charge on any atom is 0.0664 e. The molecule has 0 unspecified atom stereocenters. The molecule has 1 aliphatic rings. The third-order valence-corrected chi connectivity index (χ3v) is 4.26. The molecule has 2 nitrogen and oxygen atoms in total. The van der Waals surface area contributed by atoms with Crippen LogP contribution in [0.25, 0.3) is 10.9 Å². The van der Waals surface area contributed by atoms with Crippen molar-refractivity contribution >= 4 is 26.8 Å². The van der Waals surface area contributed by atoms with E-state index in [1.165, 1.54) is 27.4 Å². The fourth-order valence-electron chi connectivity index (χ4n) is 2.37. The van der Waals surface area contributed by atoms with Crippen molar-refractivity contribution in [2.45, 2.75) is 26.2 Å². The molecule has 0 amide bonds. The second kappa shape index (κ2) is 3.08. The summed E-state index contributed by atoms with van der Waals surface area (Å²) in [6.45, 7) is 4.50. The molecule has 15 heavy (non-hydrogen) atoms. The fourth-order valence-corrected chi connectivity index (χ4v) is 3.30. The van der Waals surface area contributed by atoms with E-state index in [4.69, 9.17) is 0 Å². The van der Waals surface area contributed by atoms with Crippen LogP contribution in [0.3, 0.4) is 0 Å². The molecule has 0 radical (unpaired) electrons. The van der Waals surface area contributed by atoms with Crippen LogP contribution in [0, 0.1) is 12.8 Å². The number of benzene rings is 1. The molecule has 78 valence electrons. The lowest BCUT2D eigenvalue weighted by molar-refractivity contribution is 0.906. The van der Waals surface area contributed by atoms with Crippen molar-refractivity contribution in [3.8, 4) is 0 Å². The summed E-state index contributed by atoms with van der Waals surface area (Å²) in [5.41, 5.74) is 3.97. The Labute approximate surface area is 97.2 Å². The zero-order valence-electron chi connectivity index (χ0n) is 8.84. The topological polar surface area (TPSA) is 28.7 Å². The molecule has 2 atom stereocenters. The van der Waals surface area contributed by atoms with Gasteiger partial charge < -0.3 is 0 Å². The number of aromatic nitrogens is 2. The molecule has 1 N–H and O–H groups in total. The van der Waals surface area contributed by atoms with E-state index < -0.39 is 0 Å². The highest BCUT2D eigenvalue weighted by Gasteiger charge is 2.36. The summed E-state index contributed by atoms with van der Waals surface area (Å²) in [4.78, 5) is 0. The number of nitrogens with one attached hydrogen (secondary N) is 1. The van der Waals surface area contributed by atoms with Gasteiger partial charge in [0, 0.05) is 9.86 Å². The summed E-state index contributed by atoms with van der Waals surface area (Å²) in [6.07, 6.45) is 3.22. The number of rotatable bonds is 1. The Morgan fingerprint density at radius 3 is 2.93 bits per heavy atom. The van der Waals surface area contributed by atoms with E-state index in [1.54, 1.807) is 0 Å². The molecule has 3 heteroatoms. The molecule has 2 aromatic rings. The number of nitrogens with zero attached hydrogens (tertiary/aromatic N) is 1. The molecule has 0 bridgehead atoms. The molecular weight excluding hydrogens is 252 g/mol. The zero-order chi connectivity index (χ0) is 10.6. The quantitative estimate of drug-likeness (QED) is 0.835. The Hall–Kier alpha value is -0.830. The van der Waals surface area contributed by atoms with Gasteiger partial charge in [-0.05, 0) is 58.3 Å². The lowest BCUT2D eigenvalue weighted by atomic mass is 10.0. The van der Waals surface area contributed by atoms with E-state index in [-0.39, 0.29) is 0 Å². The third kappa shape index (κ3) is 1.33. The molecular formula is C12H13BrN2. The first-order valence-corrected chi connectivity index (χ1v) is 6.10. The second-order valence-electron chi connectivity index (χ2n) is 4.57. The standard InChI is InChI=1S/C12H13BrN2/c1-6-3-8(6)11-7(2)4-10-9(12(11)13)5-14-15-10/h4-6,8H,3H2,1-2H3,(H,14,15)/t6-,8+/m1/s1. The molecule has 0 aliphatic heterocycles. The number of aryl methyl sites for hydroxylation is 1. The van der Waals surface area contributed by atoms with E-state index in [9.17, 15) is 0 Å². The number of fused-ring (bicyclic) bond motifs is 1. The van der Waals surface area contributed by atoms with E-state index in [0.717, 1.165) is 17.4 Å². The first kappa shape index (κ1) is 9.40. The summed E-state index contributed by atoms with van der Waals surface area (Å²) in [5.74, 6) is 1.59. The molecule has 3 rings (SSSR count). The van der Waals surface area contributed by atoms with Gasteiger partial charge in [0.05, 0.1) is 11.7 Å². The van der Waals surface area contributed by atoms with Gasteiger partial charge in [-0.3, -0.25) is 5.10 Å². The van der Waals surface area contributed by atoms with E-state index in [1.807, 2.05) is 6.20 Å². The Morgan fingerprint density at radius 1 is 1.53 bits per heavy atom. The van der Waals surface area contributed by atoms with Crippen LogP contribution in [-0.2, 0) is 0 Å². The van der Waals surface area contributed by atoms with Crippen LogP contribution in [0.15, 0.2) is 16.7 Å². The fraction of sp³-hybridized carbons (Fsp3) is 0.417. The maximum atomic E-state index is 4.09. The monoisotopic (exact) mass is 264 g/mol. The van der Waals surface area contributed by atoms with Gasteiger partial charge in [0.1, 0.15) is 0 Å². The number of hydrogen-bond donors (Lipinski definition) is 1. The minimum atomic E-state index is 0.749. The van der Waals surface area contributed by atoms with Gasteiger partial charge >= 0.3 is 0 Å². The smallest absolute Gasteiger partial charge is 0.0664 e. The van der Waals surface area contributed by atoms with E-state index in [0.29, 0.717) is 0 Å². The Balaban J connectivity index is 2.27. The van der Waals surface area contributed by atoms with Crippen LogP contribution in [0.4, 0.5) is 0 Å². The number of hydrogen-bond acceptors (Lipinski definition) is 1. The molecule has 1 aromatic heterocycles. The molecule has 0 spiro atoms. The average Bonchev–Trinajstić information content (AvgIpc) is 2.73. The van der Waals surface area contributed by atoms with Crippen LogP contribution in [0.1, 0.15) is 30.4 Å². The van der Waals surface area contributed by atoms with Crippen LogP contribution in [-0.4, -0.2) is 10.2 Å². The number of halogens is 1. The van der Waals surface area contributed by atoms with Crippen LogP contribution >= 0.6 is 15.9 Å². The van der Waals surface area contributed by atoms with Crippen molar-refractivity contribution in [2.24, 2.45) is 5.92 Å². The first-order valence-electron chi connectivity index (χ1n) is 5.30. The molecule has 1 fully saturated rings. The van der Waals surface area contributed by atoms with Crippen molar-refractivity contribution in [1.29, 1.82) is 0 Å². The summed E-state index contributed by atoms with van der Waals surface area (Å²) < 4.78 is 1.24. The highest BCUT2D eigenvalue weighted by molar-refractivity contribution is 9.10. The van der Waals surface area contributed by atoms with Gasteiger partial charge in [-0.25, -0.2) is 0 Å². The Kier molecular flexibility index (Phi) is 1.93. The van der Waals surface area contributed by atoms with Crippen molar-refractivity contribution in [1.82, 2.24) is 10.2 Å². The van der Waals surface area contributed by atoms with Gasteiger partial charge in [-0.2, -0.15) is 5.10 Å². The van der Waals surface area contributed by atoms with Crippen LogP contribution < -0.4 is 0 Å². The Bertz CT molecular complexity index is 530. The minimum Gasteiger partial charge on any atom is -0.278 e. The SMILES string of the molecule is Cc1cc2[nH]ncc2c(Br)c1[C@H]1C[C@H]1C. The lowest BCUT2D eigenvalue weighted by Crippen LogP contribution is -1.90. The minimum absolute atomic E-state index is 0.749. The largest absolute Gasteiger partial charge is 0.278 e. The maximum absolute atomic E-state index is 4.09. The Morgan fingerprint density at radius 2 is 2.27 bits per heavy atom. The molecule has 1 aliphatic carbocycles. The second-order valence-corrected chi connectivity index (χ2v) is 5.36. The van der Waals surface area contributed by atoms with Crippen molar-refractivity contribution in [2.75, 3.05) is 0 Å². The third-order valence-electron chi connectivity index (χ3n) is 3.41. The highest BCUT2D eigenvalue weighted by Crippen LogP contribution is 2.51. The van der Waals surface area contributed by atoms with Gasteiger partial charge in [0.25, 0.3) is 0 Å². The molecule has 1 heterocycles. The summed E-state index contributed by atoms with van der Waals surface area (Å²) >= 11 is 3.72. The highest BCUT2D eigenvalue weighted by atomic mass is 79.9. The predicted octanol–water partition coefficient (Wildman–Crippen LogP) is 3.76. The predicted molar refractivity (Wildman–Crippen MR) is 65.1 cm³/mol. The van der Waals surface area contributed by atoms with Crippen molar-refractivity contribution in [3.63, 3.8) is 0 Å². The zero-order valence-corrected chi connectivity index (χ0v) is 10.4. The molecule has 1 aromatic carbocycles. The summed E-state index contributed by atoms with van der Waals surface area (Å²) in [7, 11) is 0. The first-order chi connectivity index (χ1) is 7.18. The number of aromatic amines is 1. The summed E-state index contributed by atoms with van der Waals surface area (Å²) in [6, 6.07) is 2.20. The molecule has 0 saturated heterocycles. The normalized spacial score (nSPS) is 24.7. The summed E-state index contributed by atoms with van der Waals surface area (Å²) in [5, 5.41) is 8.31. The van der Waals surface area contributed by atoms with Crippen LogP contribution in [0.5, 0.6) is 0 Å². The van der Waals surface area contributed by atoms with E-state index in [2.05, 4.69) is 46.0 Å².